The van der Waals surface area contributed by atoms with E-state index in [1.54, 1.807) is 38.5 Å². The monoisotopic (exact) mass is 274 g/mol. The van der Waals surface area contributed by atoms with Gasteiger partial charge in [-0.1, -0.05) is 18.2 Å². The molecule has 104 valence electrons. The van der Waals surface area contributed by atoms with Crippen LogP contribution in [0.2, 0.25) is 0 Å². The number of carbonyl (C=O) groups excluding carboxylic acids is 1. The first kappa shape index (κ1) is 14.2. The molecule has 20 heavy (non-hydrogen) atoms. The quantitative estimate of drug-likeness (QED) is 0.783. The lowest BCUT2D eigenvalue weighted by molar-refractivity contribution is 0.112. The van der Waals surface area contributed by atoms with Crippen LogP contribution in [0.3, 0.4) is 0 Å². The van der Waals surface area contributed by atoms with E-state index in [-0.39, 0.29) is 0 Å². The Morgan fingerprint density at radius 2 is 1.85 bits per heavy atom. The number of ether oxygens (including phenoxy) is 2. The first-order chi connectivity index (χ1) is 9.69. The largest absolute Gasteiger partial charge is 0.497 e. The minimum Gasteiger partial charge on any atom is -0.497 e. The van der Waals surface area contributed by atoms with E-state index in [9.17, 15) is 9.18 Å². The molecule has 0 aliphatic rings. The fraction of sp³-hybridized carbons (Fsp3) is 0.188. The molecule has 0 atom stereocenters. The van der Waals surface area contributed by atoms with Gasteiger partial charge in [0.1, 0.15) is 17.9 Å². The second-order valence-electron chi connectivity index (χ2n) is 4.31. The van der Waals surface area contributed by atoms with Gasteiger partial charge < -0.3 is 9.47 Å². The van der Waals surface area contributed by atoms with Gasteiger partial charge in [0, 0.05) is 18.2 Å². The molecule has 0 fully saturated rings. The molecule has 0 amide bonds. The molecule has 0 aromatic heterocycles. The molecule has 0 saturated carbocycles. The number of methoxy groups -OCH3 is 2. The van der Waals surface area contributed by atoms with Crippen molar-refractivity contribution in [1.82, 2.24) is 0 Å². The molecule has 3 nitrogen and oxygen atoms in total. The molecule has 0 saturated heterocycles. The molecule has 0 radical (unpaired) electrons. The summed E-state index contributed by atoms with van der Waals surface area (Å²) in [5.41, 5.74) is 2.30. The Morgan fingerprint density at radius 1 is 1.10 bits per heavy atom. The van der Waals surface area contributed by atoms with E-state index in [0.29, 0.717) is 29.8 Å². The van der Waals surface area contributed by atoms with E-state index in [0.717, 1.165) is 11.1 Å². The van der Waals surface area contributed by atoms with Gasteiger partial charge in [-0.15, -0.1) is 0 Å². The molecule has 0 unspecified atom stereocenters. The topological polar surface area (TPSA) is 35.5 Å². The van der Waals surface area contributed by atoms with Crippen LogP contribution in [-0.2, 0) is 11.3 Å². The van der Waals surface area contributed by atoms with Crippen LogP contribution in [0.25, 0.3) is 11.1 Å². The van der Waals surface area contributed by atoms with Crippen molar-refractivity contribution in [3.8, 4) is 16.9 Å². The summed E-state index contributed by atoms with van der Waals surface area (Å²) in [6.45, 7) is 0.349. The summed E-state index contributed by atoms with van der Waals surface area (Å²) in [4.78, 5) is 10.7. The fourth-order valence-corrected chi connectivity index (χ4v) is 2.06. The van der Waals surface area contributed by atoms with Crippen molar-refractivity contribution in [3.63, 3.8) is 0 Å². The summed E-state index contributed by atoms with van der Waals surface area (Å²) in [7, 11) is 3.15. The summed E-state index contributed by atoms with van der Waals surface area (Å²) >= 11 is 0. The van der Waals surface area contributed by atoms with Crippen LogP contribution >= 0.6 is 0 Å². The van der Waals surface area contributed by atoms with Gasteiger partial charge in [-0.3, -0.25) is 4.79 Å². The summed E-state index contributed by atoms with van der Waals surface area (Å²) in [5.74, 6) is 0.253. The molecule has 2 rings (SSSR count). The van der Waals surface area contributed by atoms with Crippen LogP contribution in [-0.4, -0.2) is 20.5 Å². The van der Waals surface area contributed by atoms with Gasteiger partial charge in [0.25, 0.3) is 0 Å². The standard InChI is InChI=1S/C16H15FO3/c1-19-10-12-8-13(20-2)4-6-14(12)15-5-3-11(9-18)7-16(15)17/h3-9H,10H2,1-2H3. The highest BCUT2D eigenvalue weighted by Crippen LogP contribution is 2.30. The van der Waals surface area contributed by atoms with Crippen molar-refractivity contribution in [2.75, 3.05) is 14.2 Å². The average molecular weight is 274 g/mol. The van der Waals surface area contributed by atoms with Crippen LogP contribution in [0.5, 0.6) is 5.75 Å². The highest BCUT2D eigenvalue weighted by Gasteiger charge is 2.11. The molecule has 2 aromatic rings. The Balaban J connectivity index is 2.53. The van der Waals surface area contributed by atoms with Crippen LogP contribution in [0.4, 0.5) is 4.39 Å². The summed E-state index contributed by atoms with van der Waals surface area (Å²) < 4.78 is 24.4. The first-order valence-electron chi connectivity index (χ1n) is 6.10. The fourth-order valence-electron chi connectivity index (χ4n) is 2.06. The van der Waals surface area contributed by atoms with Crippen molar-refractivity contribution in [3.05, 3.63) is 53.3 Å². The second-order valence-corrected chi connectivity index (χ2v) is 4.31. The molecular weight excluding hydrogens is 259 g/mol. The highest BCUT2D eigenvalue weighted by atomic mass is 19.1. The molecule has 0 aliphatic heterocycles. The maximum Gasteiger partial charge on any atom is 0.150 e. The smallest absolute Gasteiger partial charge is 0.150 e. The molecule has 0 heterocycles. The predicted octanol–water partition coefficient (Wildman–Crippen LogP) is 3.46. The normalized spacial score (nSPS) is 10.3. The Labute approximate surface area is 117 Å². The third-order valence-electron chi connectivity index (χ3n) is 3.03. The van der Waals surface area contributed by atoms with Gasteiger partial charge in [0.15, 0.2) is 0 Å². The number of benzene rings is 2. The minimum absolute atomic E-state index is 0.313. The van der Waals surface area contributed by atoms with E-state index >= 15 is 0 Å². The number of aldehydes is 1. The van der Waals surface area contributed by atoms with Gasteiger partial charge in [0.05, 0.1) is 13.7 Å². The van der Waals surface area contributed by atoms with E-state index in [1.165, 1.54) is 6.07 Å². The molecule has 2 aromatic carbocycles. The molecule has 0 N–H and O–H groups in total. The molecule has 0 aliphatic carbocycles. The van der Waals surface area contributed by atoms with Crippen LogP contribution in [0, 0.1) is 5.82 Å². The van der Waals surface area contributed by atoms with Gasteiger partial charge in [-0.2, -0.15) is 0 Å². The number of carbonyl (C=O) groups is 1. The zero-order valence-corrected chi connectivity index (χ0v) is 11.4. The Kier molecular flexibility index (Phi) is 4.48. The third-order valence-corrected chi connectivity index (χ3v) is 3.03. The van der Waals surface area contributed by atoms with Crippen molar-refractivity contribution >= 4 is 6.29 Å². The Hall–Kier alpha value is -2.20. The minimum atomic E-state index is -0.433. The lowest BCUT2D eigenvalue weighted by atomic mass is 9.98. The molecule has 0 spiro atoms. The van der Waals surface area contributed by atoms with Crippen molar-refractivity contribution in [1.29, 1.82) is 0 Å². The molecule has 0 bridgehead atoms. The van der Waals surface area contributed by atoms with E-state index in [4.69, 9.17) is 9.47 Å². The summed E-state index contributed by atoms with van der Waals surface area (Å²) in [6, 6.07) is 9.77. The Morgan fingerprint density at radius 3 is 2.45 bits per heavy atom. The highest BCUT2D eigenvalue weighted by molar-refractivity contribution is 5.78. The predicted molar refractivity (Wildman–Crippen MR) is 74.5 cm³/mol. The molecular formula is C16H15FO3. The van der Waals surface area contributed by atoms with Crippen LogP contribution < -0.4 is 4.74 Å². The number of hydrogen-bond acceptors (Lipinski definition) is 3. The molecule has 4 heteroatoms. The zero-order chi connectivity index (χ0) is 14.5. The number of rotatable bonds is 5. The SMILES string of the molecule is COCc1cc(OC)ccc1-c1ccc(C=O)cc1F. The van der Waals surface area contributed by atoms with E-state index in [1.807, 2.05) is 6.07 Å². The van der Waals surface area contributed by atoms with Crippen LogP contribution in [0.1, 0.15) is 15.9 Å². The average Bonchev–Trinajstić information content (AvgIpc) is 2.47. The van der Waals surface area contributed by atoms with Crippen molar-refractivity contribution in [2.45, 2.75) is 6.61 Å². The van der Waals surface area contributed by atoms with E-state index < -0.39 is 5.82 Å². The van der Waals surface area contributed by atoms with Gasteiger partial charge >= 0.3 is 0 Å². The lowest BCUT2D eigenvalue weighted by Gasteiger charge is -2.12. The third kappa shape index (κ3) is 2.86. The summed E-state index contributed by atoms with van der Waals surface area (Å²) in [5, 5.41) is 0. The van der Waals surface area contributed by atoms with Gasteiger partial charge in [0.2, 0.25) is 0 Å². The maximum atomic E-state index is 14.1. The first-order valence-corrected chi connectivity index (χ1v) is 6.10. The number of hydrogen-bond donors (Lipinski definition) is 0. The lowest BCUT2D eigenvalue weighted by Crippen LogP contribution is -1.96. The Bertz CT molecular complexity index is 623. The zero-order valence-electron chi connectivity index (χ0n) is 11.4. The van der Waals surface area contributed by atoms with Crippen LogP contribution in [0.15, 0.2) is 36.4 Å². The summed E-state index contributed by atoms with van der Waals surface area (Å²) in [6.07, 6.45) is 0.622. The van der Waals surface area contributed by atoms with Gasteiger partial charge in [-0.25, -0.2) is 4.39 Å². The number of halogens is 1. The van der Waals surface area contributed by atoms with Gasteiger partial charge in [-0.05, 0) is 29.3 Å². The maximum absolute atomic E-state index is 14.1. The van der Waals surface area contributed by atoms with Crippen molar-refractivity contribution < 1.29 is 18.7 Å². The van der Waals surface area contributed by atoms with E-state index in [2.05, 4.69) is 0 Å². The van der Waals surface area contributed by atoms with Crippen molar-refractivity contribution in [2.24, 2.45) is 0 Å². The second kappa shape index (κ2) is 6.30.